The third-order valence-corrected chi connectivity index (χ3v) is 4.40. The summed E-state index contributed by atoms with van der Waals surface area (Å²) in [6.45, 7) is 3.54. The summed E-state index contributed by atoms with van der Waals surface area (Å²) >= 11 is 0. The predicted octanol–water partition coefficient (Wildman–Crippen LogP) is 3.01. The zero-order chi connectivity index (χ0) is 18.9. The van der Waals surface area contributed by atoms with Gasteiger partial charge in [0.25, 0.3) is 5.91 Å². The van der Waals surface area contributed by atoms with Gasteiger partial charge in [0.1, 0.15) is 0 Å². The van der Waals surface area contributed by atoms with Crippen LogP contribution in [0.15, 0.2) is 18.2 Å². The summed E-state index contributed by atoms with van der Waals surface area (Å²) in [7, 11) is 0. The van der Waals surface area contributed by atoms with Gasteiger partial charge in [0, 0.05) is 18.2 Å². The Morgan fingerprint density at radius 2 is 1.62 bits per heavy atom. The fraction of sp³-hybridized carbons (Fsp3) is 0.550. The smallest absolute Gasteiger partial charge is 0.306 e. The van der Waals surface area contributed by atoms with Crippen LogP contribution in [0.3, 0.4) is 0 Å². The van der Waals surface area contributed by atoms with E-state index >= 15 is 0 Å². The lowest BCUT2D eigenvalue weighted by Crippen LogP contribution is -2.36. The number of anilines is 1. The van der Waals surface area contributed by atoms with Crippen molar-refractivity contribution in [3.8, 4) is 0 Å². The molecule has 1 aromatic carbocycles. The molecular formula is C20H28N2O4. The molecule has 0 bridgehead atoms. The number of esters is 1. The Hall–Kier alpha value is -2.37. The first-order valence-electron chi connectivity index (χ1n) is 9.25. The van der Waals surface area contributed by atoms with Crippen molar-refractivity contribution in [1.82, 2.24) is 5.32 Å². The number of carbonyl (C=O) groups is 3. The molecule has 1 aromatic rings. The number of nitrogens with one attached hydrogen (secondary N) is 2. The highest BCUT2D eigenvalue weighted by Crippen LogP contribution is 2.17. The van der Waals surface area contributed by atoms with Gasteiger partial charge in [-0.05, 0) is 49.9 Å². The SMILES string of the molecule is Cc1cc(C)cc(NC(=O)COC(=O)CCC(=O)NC2CCCCC2)c1. The van der Waals surface area contributed by atoms with Gasteiger partial charge in [-0.25, -0.2) is 0 Å². The minimum Gasteiger partial charge on any atom is -0.456 e. The number of carbonyl (C=O) groups excluding carboxylic acids is 3. The topological polar surface area (TPSA) is 84.5 Å². The second-order valence-electron chi connectivity index (χ2n) is 6.99. The van der Waals surface area contributed by atoms with Crippen molar-refractivity contribution in [2.24, 2.45) is 0 Å². The Balaban J connectivity index is 1.64. The fourth-order valence-electron chi connectivity index (χ4n) is 3.22. The van der Waals surface area contributed by atoms with Gasteiger partial charge >= 0.3 is 5.97 Å². The molecule has 0 spiro atoms. The van der Waals surface area contributed by atoms with E-state index in [4.69, 9.17) is 4.74 Å². The maximum absolute atomic E-state index is 11.9. The second-order valence-corrected chi connectivity index (χ2v) is 6.99. The van der Waals surface area contributed by atoms with Crippen LogP contribution in [0.1, 0.15) is 56.1 Å². The molecular weight excluding hydrogens is 332 g/mol. The van der Waals surface area contributed by atoms with E-state index in [1.165, 1.54) is 6.42 Å². The number of benzene rings is 1. The minimum absolute atomic E-state index is 0.0185. The molecule has 2 amide bonds. The lowest BCUT2D eigenvalue weighted by molar-refractivity contribution is -0.148. The van der Waals surface area contributed by atoms with E-state index in [2.05, 4.69) is 10.6 Å². The summed E-state index contributed by atoms with van der Waals surface area (Å²) in [5, 5.41) is 5.66. The summed E-state index contributed by atoms with van der Waals surface area (Å²) in [6.07, 6.45) is 5.60. The van der Waals surface area contributed by atoms with Crippen molar-refractivity contribution in [2.45, 2.75) is 64.8 Å². The molecule has 0 heterocycles. The van der Waals surface area contributed by atoms with Crippen LogP contribution < -0.4 is 10.6 Å². The van der Waals surface area contributed by atoms with Crippen LogP contribution in [-0.4, -0.2) is 30.4 Å². The van der Waals surface area contributed by atoms with Gasteiger partial charge < -0.3 is 15.4 Å². The second kappa shape index (κ2) is 9.94. The fourth-order valence-corrected chi connectivity index (χ4v) is 3.22. The zero-order valence-electron chi connectivity index (χ0n) is 15.6. The van der Waals surface area contributed by atoms with Crippen LogP contribution >= 0.6 is 0 Å². The van der Waals surface area contributed by atoms with E-state index in [9.17, 15) is 14.4 Å². The summed E-state index contributed by atoms with van der Waals surface area (Å²) in [5.41, 5.74) is 2.76. The van der Waals surface area contributed by atoms with Gasteiger partial charge in [0.05, 0.1) is 6.42 Å². The molecule has 0 unspecified atom stereocenters. The quantitative estimate of drug-likeness (QED) is 0.732. The first kappa shape index (κ1) is 19.9. The van der Waals surface area contributed by atoms with Gasteiger partial charge in [0.2, 0.25) is 5.91 Å². The largest absolute Gasteiger partial charge is 0.456 e. The van der Waals surface area contributed by atoms with E-state index in [-0.39, 0.29) is 31.4 Å². The summed E-state index contributed by atoms with van der Waals surface area (Å²) in [5.74, 6) is -1.07. The van der Waals surface area contributed by atoms with Crippen LogP contribution in [-0.2, 0) is 19.1 Å². The highest BCUT2D eigenvalue weighted by atomic mass is 16.5. The van der Waals surface area contributed by atoms with E-state index < -0.39 is 11.9 Å². The lowest BCUT2D eigenvalue weighted by atomic mass is 9.95. The molecule has 0 aliphatic heterocycles. The van der Waals surface area contributed by atoms with Crippen LogP contribution in [0.2, 0.25) is 0 Å². The van der Waals surface area contributed by atoms with Crippen molar-refractivity contribution in [3.05, 3.63) is 29.3 Å². The van der Waals surface area contributed by atoms with Crippen molar-refractivity contribution >= 4 is 23.5 Å². The van der Waals surface area contributed by atoms with E-state index in [1.54, 1.807) is 0 Å². The number of rotatable bonds is 7. The van der Waals surface area contributed by atoms with Crippen molar-refractivity contribution < 1.29 is 19.1 Å². The monoisotopic (exact) mass is 360 g/mol. The molecule has 1 saturated carbocycles. The molecule has 1 aliphatic carbocycles. The Bertz CT molecular complexity index is 631. The molecule has 0 radical (unpaired) electrons. The zero-order valence-corrected chi connectivity index (χ0v) is 15.6. The van der Waals surface area contributed by atoms with Gasteiger partial charge in [0.15, 0.2) is 6.61 Å². The standard InChI is InChI=1S/C20H28N2O4/c1-14-10-15(2)12-17(11-14)22-19(24)13-26-20(25)9-8-18(23)21-16-6-4-3-5-7-16/h10-12,16H,3-9,13H2,1-2H3,(H,21,23)(H,22,24). The first-order chi connectivity index (χ1) is 12.4. The average molecular weight is 360 g/mol. The van der Waals surface area contributed by atoms with E-state index in [0.717, 1.165) is 36.8 Å². The first-order valence-corrected chi connectivity index (χ1v) is 9.25. The van der Waals surface area contributed by atoms with Crippen LogP contribution in [0.25, 0.3) is 0 Å². The van der Waals surface area contributed by atoms with Crippen LogP contribution in [0.4, 0.5) is 5.69 Å². The lowest BCUT2D eigenvalue weighted by Gasteiger charge is -2.22. The van der Waals surface area contributed by atoms with Crippen molar-refractivity contribution in [1.29, 1.82) is 0 Å². The summed E-state index contributed by atoms with van der Waals surface area (Å²) in [6, 6.07) is 5.94. The van der Waals surface area contributed by atoms with Gasteiger partial charge in [-0.15, -0.1) is 0 Å². The molecule has 1 fully saturated rings. The minimum atomic E-state index is -0.542. The summed E-state index contributed by atoms with van der Waals surface area (Å²) < 4.78 is 4.95. The third-order valence-electron chi connectivity index (χ3n) is 4.40. The van der Waals surface area contributed by atoms with Gasteiger partial charge in [-0.1, -0.05) is 25.3 Å². The molecule has 0 saturated heterocycles. The maximum atomic E-state index is 11.9. The van der Waals surface area contributed by atoms with E-state index in [0.29, 0.717) is 5.69 Å². The van der Waals surface area contributed by atoms with Crippen molar-refractivity contribution in [3.63, 3.8) is 0 Å². The van der Waals surface area contributed by atoms with Crippen LogP contribution in [0.5, 0.6) is 0 Å². The number of ether oxygens (including phenoxy) is 1. The molecule has 0 atom stereocenters. The highest BCUT2D eigenvalue weighted by molar-refractivity contribution is 5.93. The normalized spacial score (nSPS) is 14.5. The molecule has 6 heteroatoms. The Morgan fingerprint density at radius 3 is 2.27 bits per heavy atom. The van der Waals surface area contributed by atoms with Gasteiger partial charge in [-0.2, -0.15) is 0 Å². The molecule has 142 valence electrons. The number of aryl methyl sites for hydroxylation is 2. The predicted molar refractivity (Wildman–Crippen MR) is 99.8 cm³/mol. The molecule has 6 nitrogen and oxygen atoms in total. The molecule has 2 N–H and O–H groups in total. The Morgan fingerprint density at radius 1 is 0.962 bits per heavy atom. The van der Waals surface area contributed by atoms with E-state index in [1.807, 2.05) is 32.0 Å². The van der Waals surface area contributed by atoms with Crippen molar-refractivity contribution in [2.75, 3.05) is 11.9 Å². The van der Waals surface area contributed by atoms with Gasteiger partial charge in [-0.3, -0.25) is 14.4 Å². The Kier molecular flexibility index (Phi) is 7.63. The number of amides is 2. The Labute approximate surface area is 154 Å². The molecule has 0 aromatic heterocycles. The number of hydrogen-bond acceptors (Lipinski definition) is 4. The maximum Gasteiger partial charge on any atom is 0.306 e. The highest BCUT2D eigenvalue weighted by Gasteiger charge is 2.17. The molecule has 1 aliphatic rings. The molecule has 2 rings (SSSR count). The summed E-state index contributed by atoms with van der Waals surface area (Å²) in [4.78, 5) is 35.5. The number of hydrogen-bond donors (Lipinski definition) is 2. The average Bonchev–Trinajstić information content (AvgIpc) is 2.58. The third kappa shape index (κ3) is 7.25. The van der Waals surface area contributed by atoms with Crippen LogP contribution in [0, 0.1) is 13.8 Å². The molecule has 26 heavy (non-hydrogen) atoms.